The van der Waals surface area contributed by atoms with E-state index in [2.05, 4.69) is 31.2 Å². The van der Waals surface area contributed by atoms with Gasteiger partial charge < -0.3 is 15.9 Å². The summed E-state index contributed by atoms with van der Waals surface area (Å²) < 4.78 is 0. The van der Waals surface area contributed by atoms with Gasteiger partial charge in [0.25, 0.3) is 0 Å². The van der Waals surface area contributed by atoms with Crippen LogP contribution in [-0.2, 0) is 11.2 Å². The molecule has 192 valence electrons. The van der Waals surface area contributed by atoms with Crippen LogP contribution in [0.25, 0.3) is 0 Å². The number of nitrogens with two attached hydrogens (primary N) is 1. The lowest BCUT2D eigenvalue weighted by molar-refractivity contribution is -0.153. The van der Waals surface area contributed by atoms with Crippen molar-refractivity contribution in [3.63, 3.8) is 0 Å². The molecule has 0 aromatic heterocycles. The highest BCUT2D eigenvalue weighted by atomic mass is 16.4. The lowest BCUT2D eigenvalue weighted by Crippen LogP contribution is -2.47. The van der Waals surface area contributed by atoms with Crippen LogP contribution in [0.5, 0.6) is 0 Å². The standard InChI is InChI=1S/C30H49NO3/c1-3-4-5-6-7-8-9-10-14-17-25-18-19-26(22-24-15-12-11-13-16-24)29(27(25)20-21-31)28(23(2)32)30(33)34/h8-9,11-13,15-16,23,25-29,32H,3-7,10,14,17-22,31H2,1-2H3,(H,33,34). The van der Waals surface area contributed by atoms with Crippen molar-refractivity contribution in [1.29, 1.82) is 0 Å². The van der Waals surface area contributed by atoms with Crippen molar-refractivity contribution in [3.8, 4) is 0 Å². The molecule has 0 saturated heterocycles. The Kier molecular flexibility index (Phi) is 13.5. The van der Waals surface area contributed by atoms with Crippen molar-refractivity contribution < 1.29 is 15.0 Å². The first kappa shape index (κ1) is 28.6. The minimum atomic E-state index is -0.869. The number of carboxylic acids is 1. The van der Waals surface area contributed by atoms with Gasteiger partial charge in [-0.05, 0) is 100 Å². The number of hydrogen-bond donors (Lipinski definition) is 3. The second-order valence-electron chi connectivity index (χ2n) is 10.5. The Hall–Kier alpha value is -1.65. The summed E-state index contributed by atoms with van der Waals surface area (Å²) in [7, 11) is 0. The molecule has 0 aliphatic heterocycles. The van der Waals surface area contributed by atoms with Gasteiger partial charge in [-0.25, -0.2) is 0 Å². The van der Waals surface area contributed by atoms with Crippen molar-refractivity contribution in [1.82, 2.24) is 0 Å². The molecule has 1 aliphatic rings. The zero-order valence-electron chi connectivity index (χ0n) is 21.6. The Morgan fingerprint density at radius 1 is 1.03 bits per heavy atom. The van der Waals surface area contributed by atoms with Crippen LogP contribution in [-0.4, -0.2) is 28.8 Å². The Morgan fingerprint density at radius 2 is 1.71 bits per heavy atom. The molecule has 4 nitrogen and oxygen atoms in total. The molecule has 6 atom stereocenters. The highest BCUT2D eigenvalue weighted by Crippen LogP contribution is 2.48. The molecule has 1 fully saturated rings. The van der Waals surface area contributed by atoms with Crippen LogP contribution in [0.4, 0.5) is 0 Å². The first-order valence-corrected chi connectivity index (χ1v) is 13.8. The maximum Gasteiger partial charge on any atom is 0.309 e. The first-order chi connectivity index (χ1) is 16.5. The van der Waals surface area contributed by atoms with Gasteiger partial charge in [-0.2, -0.15) is 0 Å². The van der Waals surface area contributed by atoms with Crippen molar-refractivity contribution >= 4 is 5.97 Å². The Morgan fingerprint density at radius 3 is 2.32 bits per heavy atom. The largest absolute Gasteiger partial charge is 0.481 e. The van der Waals surface area contributed by atoms with Gasteiger partial charge in [-0.15, -0.1) is 0 Å². The Balaban J connectivity index is 2.07. The third-order valence-electron chi connectivity index (χ3n) is 7.95. The molecular formula is C30H49NO3. The predicted octanol–water partition coefficient (Wildman–Crippen LogP) is 6.62. The van der Waals surface area contributed by atoms with Gasteiger partial charge in [0.2, 0.25) is 0 Å². The van der Waals surface area contributed by atoms with E-state index in [1.807, 2.05) is 18.2 Å². The maximum absolute atomic E-state index is 12.3. The summed E-state index contributed by atoms with van der Waals surface area (Å²) in [6.45, 7) is 4.46. The molecule has 2 rings (SSSR count). The normalized spacial score (nSPS) is 24.8. The summed E-state index contributed by atoms with van der Waals surface area (Å²) in [5, 5.41) is 20.6. The van der Waals surface area contributed by atoms with Gasteiger partial charge in [0, 0.05) is 0 Å². The van der Waals surface area contributed by atoms with E-state index in [9.17, 15) is 15.0 Å². The topological polar surface area (TPSA) is 83.5 Å². The number of unbranched alkanes of at least 4 members (excludes halogenated alkanes) is 5. The van der Waals surface area contributed by atoms with Gasteiger partial charge in [0.05, 0.1) is 12.0 Å². The molecule has 1 aromatic carbocycles. The predicted molar refractivity (Wildman–Crippen MR) is 142 cm³/mol. The number of benzene rings is 1. The van der Waals surface area contributed by atoms with E-state index in [4.69, 9.17) is 5.73 Å². The van der Waals surface area contributed by atoms with Crippen LogP contribution in [0.15, 0.2) is 42.5 Å². The maximum atomic E-state index is 12.3. The quantitative estimate of drug-likeness (QED) is 0.187. The van der Waals surface area contributed by atoms with E-state index in [0.717, 1.165) is 44.9 Å². The number of aliphatic hydroxyl groups excluding tert-OH is 1. The SMILES string of the molecule is CCCCCCC=CCCCC1CCC(Cc2ccccc2)C(C(C(=O)O)C(C)O)C1CCN. The number of aliphatic hydroxyl groups is 1. The van der Waals surface area contributed by atoms with Gasteiger partial charge in [-0.1, -0.05) is 68.7 Å². The minimum Gasteiger partial charge on any atom is -0.481 e. The van der Waals surface area contributed by atoms with E-state index in [-0.39, 0.29) is 17.8 Å². The van der Waals surface area contributed by atoms with Crippen molar-refractivity contribution in [2.24, 2.45) is 35.3 Å². The first-order valence-electron chi connectivity index (χ1n) is 13.8. The fourth-order valence-corrected chi connectivity index (χ4v) is 6.31. The van der Waals surface area contributed by atoms with E-state index in [1.54, 1.807) is 6.92 Å². The van der Waals surface area contributed by atoms with Gasteiger partial charge in [0.15, 0.2) is 0 Å². The Bertz CT molecular complexity index is 702. The molecule has 1 aromatic rings. The molecule has 0 radical (unpaired) electrons. The number of carbonyl (C=O) groups is 1. The summed E-state index contributed by atoms with van der Waals surface area (Å²) in [4.78, 5) is 12.3. The molecule has 1 saturated carbocycles. The number of aliphatic carboxylic acids is 1. The molecule has 0 spiro atoms. The molecule has 34 heavy (non-hydrogen) atoms. The highest BCUT2D eigenvalue weighted by Gasteiger charge is 2.46. The van der Waals surface area contributed by atoms with Gasteiger partial charge >= 0.3 is 5.97 Å². The van der Waals surface area contributed by atoms with E-state index < -0.39 is 18.0 Å². The van der Waals surface area contributed by atoms with Crippen molar-refractivity contribution in [2.45, 2.75) is 97.0 Å². The van der Waals surface area contributed by atoms with Crippen molar-refractivity contribution in [2.75, 3.05) is 6.54 Å². The second-order valence-corrected chi connectivity index (χ2v) is 10.5. The molecular weight excluding hydrogens is 422 g/mol. The number of rotatable bonds is 16. The lowest BCUT2D eigenvalue weighted by Gasteiger charge is -2.47. The van der Waals surface area contributed by atoms with Crippen LogP contribution in [0.2, 0.25) is 0 Å². The summed E-state index contributed by atoms with van der Waals surface area (Å²) in [6, 6.07) is 10.4. The molecule has 4 heteroatoms. The summed E-state index contributed by atoms with van der Waals surface area (Å²) >= 11 is 0. The molecule has 0 heterocycles. The average Bonchev–Trinajstić information content (AvgIpc) is 2.81. The third kappa shape index (κ3) is 9.19. The molecule has 4 N–H and O–H groups in total. The zero-order valence-corrected chi connectivity index (χ0v) is 21.6. The summed E-state index contributed by atoms with van der Waals surface area (Å²) in [6.07, 6.45) is 17.4. The van der Waals surface area contributed by atoms with Crippen molar-refractivity contribution in [3.05, 3.63) is 48.0 Å². The van der Waals surface area contributed by atoms with Crippen LogP contribution in [0, 0.1) is 29.6 Å². The van der Waals surface area contributed by atoms with E-state index in [0.29, 0.717) is 12.5 Å². The number of allylic oxidation sites excluding steroid dienone is 2. The average molecular weight is 472 g/mol. The molecule has 0 bridgehead atoms. The van der Waals surface area contributed by atoms with Crippen LogP contribution in [0.1, 0.15) is 90.0 Å². The van der Waals surface area contributed by atoms with E-state index in [1.165, 1.54) is 37.7 Å². The summed E-state index contributed by atoms with van der Waals surface area (Å²) in [5.74, 6) is -0.661. The van der Waals surface area contributed by atoms with Crippen LogP contribution in [0.3, 0.4) is 0 Å². The fraction of sp³-hybridized carbons (Fsp3) is 0.700. The monoisotopic (exact) mass is 471 g/mol. The number of carboxylic acid groups (broad SMARTS) is 1. The van der Waals surface area contributed by atoms with Crippen LogP contribution >= 0.6 is 0 Å². The smallest absolute Gasteiger partial charge is 0.309 e. The van der Waals surface area contributed by atoms with Gasteiger partial charge in [-0.3, -0.25) is 4.79 Å². The fourth-order valence-electron chi connectivity index (χ4n) is 6.31. The molecule has 6 unspecified atom stereocenters. The molecule has 1 aliphatic carbocycles. The number of hydrogen-bond acceptors (Lipinski definition) is 3. The molecule has 0 amide bonds. The Labute approximate surface area is 208 Å². The van der Waals surface area contributed by atoms with Gasteiger partial charge in [0.1, 0.15) is 0 Å². The van der Waals surface area contributed by atoms with E-state index >= 15 is 0 Å². The van der Waals surface area contributed by atoms with Crippen LogP contribution < -0.4 is 5.73 Å². The minimum absolute atomic E-state index is 0.0471. The highest BCUT2D eigenvalue weighted by molar-refractivity contribution is 5.71. The zero-order chi connectivity index (χ0) is 24.8. The lowest BCUT2D eigenvalue weighted by atomic mass is 9.58. The summed E-state index contributed by atoms with van der Waals surface area (Å²) in [5.41, 5.74) is 7.31. The second kappa shape index (κ2) is 16.1. The third-order valence-corrected chi connectivity index (χ3v) is 7.95.